The summed E-state index contributed by atoms with van der Waals surface area (Å²) in [5.74, 6) is -0.469. The molecule has 2 aromatic rings. The Kier molecular flexibility index (Phi) is 6.74. The molecule has 0 spiro atoms. The first kappa shape index (κ1) is 22.2. The summed E-state index contributed by atoms with van der Waals surface area (Å²) in [5, 5.41) is 8.06. The molecule has 30 heavy (non-hydrogen) atoms. The molecule has 162 valence electrons. The molecule has 1 amide bonds. The fourth-order valence-electron chi connectivity index (χ4n) is 3.55. The third-order valence-electron chi connectivity index (χ3n) is 5.39. The third-order valence-corrected chi connectivity index (χ3v) is 6.28. The van der Waals surface area contributed by atoms with E-state index in [0.717, 1.165) is 42.9 Å². The van der Waals surface area contributed by atoms with Crippen molar-refractivity contribution in [3.05, 3.63) is 53.3 Å². The zero-order valence-electron chi connectivity index (χ0n) is 17.2. The van der Waals surface area contributed by atoms with Gasteiger partial charge in [0.05, 0.1) is 11.4 Å². The number of nitrogens with zero attached hydrogens (tertiary/aromatic N) is 2. The Hall–Kier alpha value is -2.49. The Morgan fingerprint density at radius 3 is 2.47 bits per heavy atom. The standard InChI is InChI=1S/C21H27FN4O3S/c1-15-12-19(30(23,28)29)13-20(16(15)2)24-21(27)14-25-8-3-9-26(11-10-25)18-6-4-17(22)5-7-18/h4-7,12-13H,3,8-11,14H2,1-2H3,(H,24,27)(H2,23,28,29). The zero-order valence-corrected chi connectivity index (χ0v) is 18.0. The smallest absolute Gasteiger partial charge is 0.238 e. The predicted molar refractivity (Wildman–Crippen MR) is 116 cm³/mol. The molecule has 0 saturated carbocycles. The second-order valence-corrected chi connectivity index (χ2v) is 9.16. The minimum atomic E-state index is -3.86. The molecule has 1 saturated heterocycles. The number of rotatable bonds is 5. The molecule has 3 N–H and O–H groups in total. The lowest BCUT2D eigenvalue weighted by Crippen LogP contribution is -2.36. The molecule has 1 heterocycles. The van der Waals surface area contributed by atoms with E-state index in [1.807, 2.05) is 6.92 Å². The van der Waals surface area contributed by atoms with Crippen molar-refractivity contribution in [3.63, 3.8) is 0 Å². The summed E-state index contributed by atoms with van der Waals surface area (Å²) in [6.45, 7) is 6.83. The summed E-state index contributed by atoms with van der Waals surface area (Å²) in [6, 6.07) is 9.33. The monoisotopic (exact) mass is 434 g/mol. The summed E-state index contributed by atoms with van der Waals surface area (Å²) in [5.41, 5.74) is 2.95. The van der Waals surface area contributed by atoms with Crippen LogP contribution in [0.2, 0.25) is 0 Å². The fourth-order valence-corrected chi connectivity index (χ4v) is 4.18. The number of nitrogens with two attached hydrogens (primary N) is 1. The Balaban J connectivity index is 1.63. The van der Waals surface area contributed by atoms with E-state index in [2.05, 4.69) is 15.1 Å². The normalized spacial score (nSPS) is 15.7. The minimum Gasteiger partial charge on any atom is -0.370 e. The first-order valence-electron chi connectivity index (χ1n) is 9.80. The van der Waals surface area contributed by atoms with Crippen LogP contribution in [0.1, 0.15) is 17.5 Å². The summed E-state index contributed by atoms with van der Waals surface area (Å²) in [4.78, 5) is 16.8. The highest BCUT2D eigenvalue weighted by molar-refractivity contribution is 7.89. The molecule has 3 rings (SSSR count). The van der Waals surface area contributed by atoms with Gasteiger partial charge in [-0.3, -0.25) is 9.69 Å². The highest BCUT2D eigenvalue weighted by Crippen LogP contribution is 2.24. The lowest BCUT2D eigenvalue weighted by Gasteiger charge is -2.23. The van der Waals surface area contributed by atoms with Crippen molar-refractivity contribution in [3.8, 4) is 0 Å². The van der Waals surface area contributed by atoms with Crippen LogP contribution in [0.5, 0.6) is 0 Å². The maximum absolute atomic E-state index is 13.2. The van der Waals surface area contributed by atoms with E-state index in [-0.39, 0.29) is 23.2 Å². The van der Waals surface area contributed by atoms with Crippen LogP contribution < -0.4 is 15.4 Å². The second kappa shape index (κ2) is 9.11. The van der Waals surface area contributed by atoms with Gasteiger partial charge in [-0.15, -0.1) is 0 Å². The van der Waals surface area contributed by atoms with Gasteiger partial charge in [0.15, 0.2) is 0 Å². The van der Waals surface area contributed by atoms with Gasteiger partial charge in [-0.2, -0.15) is 0 Å². The van der Waals surface area contributed by atoms with Gasteiger partial charge in [0, 0.05) is 37.6 Å². The van der Waals surface area contributed by atoms with Crippen molar-refractivity contribution < 1.29 is 17.6 Å². The molecular formula is C21H27FN4O3S. The summed E-state index contributed by atoms with van der Waals surface area (Å²) < 4.78 is 36.5. The number of amides is 1. The Labute approximate surface area is 176 Å². The molecule has 0 aromatic heterocycles. The Morgan fingerprint density at radius 1 is 1.10 bits per heavy atom. The van der Waals surface area contributed by atoms with Crippen LogP contribution in [-0.2, 0) is 14.8 Å². The van der Waals surface area contributed by atoms with Crippen LogP contribution in [0.25, 0.3) is 0 Å². The molecule has 0 bridgehead atoms. The highest BCUT2D eigenvalue weighted by Gasteiger charge is 2.19. The molecule has 2 aromatic carbocycles. The van der Waals surface area contributed by atoms with Gasteiger partial charge in [0.2, 0.25) is 15.9 Å². The van der Waals surface area contributed by atoms with Gasteiger partial charge in [-0.25, -0.2) is 17.9 Å². The van der Waals surface area contributed by atoms with Crippen LogP contribution >= 0.6 is 0 Å². The zero-order chi connectivity index (χ0) is 21.9. The van der Waals surface area contributed by atoms with Crippen molar-refractivity contribution in [1.29, 1.82) is 0 Å². The number of hydrogen-bond donors (Lipinski definition) is 2. The van der Waals surface area contributed by atoms with Crippen molar-refractivity contribution in [2.24, 2.45) is 5.14 Å². The van der Waals surface area contributed by atoms with Crippen LogP contribution in [0.3, 0.4) is 0 Å². The lowest BCUT2D eigenvalue weighted by atomic mass is 10.1. The molecular weight excluding hydrogens is 407 g/mol. The number of carbonyl (C=O) groups is 1. The molecule has 9 heteroatoms. The molecule has 1 fully saturated rings. The summed E-state index contributed by atoms with van der Waals surface area (Å²) in [6.07, 6.45) is 0.879. The van der Waals surface area contributed by atoms with Crippen molar-refractivity contribution in [2.75, 3.05) is 42.9 Å². The topological polar surface area (TPSA) is 95.7 Å². The maximum atomic E-state index is 13.2. The van der Waals surface area contributed by atoms with Gasteiger partial charge < -0.3 is 10.2 Å². The van der Waals surface area contributed by atoms with Crippen molar-refractivity contribution in [2.45, 2.75) is 25.2 Å². The largest absolute Gasteiger partial charge is 0.370 e. The number of anilines is 2. The van der Waals surface area contributed by atoms with Gasteiger partial charge >= 0.3 is 0 Å². The van der Waals surface area contributed by atoms with Gasteiger partial charge in [-0.05, 0) is 67.8 Å². The fraction of sp³-hybridized carbons (Fsp3) is 0.381. The van der Waals surface area contributed by atoms with E-state index < -0.39 is 10.0 Å². The van der Waals surface area contributed by atoms with E-state index in [9.17, 15) is 17.6 Å². The SMILES string of the molecule is Cc1cc(S(N)(=O)=O)cc(NC(=O)CN2CCCN(c3ccc(F)cc3)CC2)c1C. The quantitative estimate of drug-likeness (QED) is 0.753. The van der Waals surface area contributed by atoms with E-state index in [4.69, 9.17) is 5.14 Å². The van der Waals surface area contributed by atoms with E-state index in [1.54, 1.807) is 19.1 Å². The van der Waals surface area contributed by atoms with Crippen LogP contribution in [0, 0.1) is 19.7 Å². The highest BCUT2D eigenvalue weighted by atomic mass is 32.2. The minimum absolute atomic E-state index is 0.0226. The van der Waals surface area contributed by atoms with Crippen LogP contribution in [-0.4, -0.2) is 51.9 Å². The van der Waals surface area contributed by atoms with Crippen LogP contribution in [0.4, 0.5) is 15.8 Å². The number of sulfonamides is 1. The lowest BCUT2D eigenvalue weighted by molar-refractivity contribution is -0.117. The molecule has 0 aliphatic carbocycles. The summed E-state index contributed by atoms with van der Waals surface area (Å²) >= 11 is 0. The van der Waals surface area contributed by atoms with E-state index in [0.29, 0.717) is 12.2 Å². The Morgan fingerprint density at radius 2 is 1.80 bits per heavy atom. The number of nitrogens with one attached hydrogen (secondary N) is 1. The first-order valence-corrected chi connectivity index (χ1v) is 11.3. The van der Waals surface area contributed by atoms with Gasteiger partial charge in [0.1, 0.15) is 5.82 Å². The number of halogens is 1. The maximum Gasteiger partial charge on any atom is 0.238 e. The number of carbonyl (C=O) groups excluding carboxylic acids is 1. The molecule has 0 unspecified atom stereocenters. The van der Waals surface area contributed by atoms with Gasteiger partial charge in [0.25, 0.3) is 0 Å². The number of benzene rings is 2. The third kappa shape index (κ3) is 5.56. The van der Waals surface area contributed by atoms with E-state index >= 15 is 0 Å². The van der Waals surface area contributed by atoms with Crippen molar-refractivity contribution in [1.82, 2.24) is 4.90 Å². The number of hydrogen-bond acceptors (Lipinski definition) is 5. The number of primary sulfonamides is 1. The molecule has 1 aliphatic rings. The van der Waals surface area contributed by atoms with Crippen LogP contribution in [0.15, 0.2) is 41.3 Å². The Bertz CT molecular complexity index is 1030. The average Bonchev–Trinajstić information content (AvgIpc) is 2.90. The summed E-state index contributed by atoms with van der Waals surface area (Å²) in [7, 11) is -3.86. The second-order valence-electron chi connectivity index (χ2n) is 7.60. The van der Waals surface area contributed by atoms with E-state index in [1.165, 1.54) is 24.3 Å². The molecule has 1 aliphatic heterocycles. The number of aryl methyl sites for hydroxylation is 1. The molecule has 0 atom stereocenters. The molecule has 0 radical (unpaired) electrons. The average molecular weight is 435 g/mol. The van der Waals surface area contributed by atoms with Crippen molar-refractivity contribution >= 4 is 27.3 Å². The molecule has 7 nitrogen and oxygen atoms in total. The first-order chi connectivity index (χ1) is 14.1. The predicted octanol–water partition coefficient (Wildman–Crippen LogP) is 2.24. The van der Waals surface area contributed by atoms with Gasteiger partial charge in [-0.1, -0.05) is 0 Å².